The zero-order chi connectivity index (χ0) is 15.1. The molecule has 0 saturated carbocycles. The topological polar surface area (TPSA) is 22.4 Å². The second-order valence-corrected chi connectivity index (χ2v) is 5.54. The predicted octanol–water partition coefficient (Wildman–Crippen LogP) is 5.57. The van der Waals surface area contributed by atoms with Crippen molar-refractivity contribution in [2.75, 3.05) is 7.11 Å². The third-order valence-corrected chi connectivity index (χ3v) is 4.06. The summed E-state index contributed by atoms with van der Waals surface area (Å²) in [4.78, 5) is 0. The van der Waals surface area contributed by atoms with Gasteiger partial charge in [0.25, 0.3) is 0 Å². The summed E-state index contributed by atoms with van der Waals surface area (Å²) in [6.45, 7) is 2.09. The lowest BCUT2D eigenvalue weighted by atomic mass is 10.1. The molecule has 0 spiro atoms. The van der Waals surface area contributed by atoms with E-state index in [0.717, 1.165) is 33.4 Å². The minimum Gasteiger partial charge on any atom is -0.497 e. The van der Waals surface area contributed by atoms with E-state index in [0.29, 0.717) is 0 Å². The molecular weight excluding hydrogens is 272 g/mol. The Bertz CT molecular complexity index is 962. The first-order valence-electron chi connectivity index (χ1n) is 7.32. The van der Waals surface area contributed by atoms with Gasteiger partial charge in [0.2, 0.25) is 0 Å². The summed E-state index contributed by atoms with van der Waals surface area (Å²) in [6.07, 6.45) is 0. The molecule has 1 aromatic heterocycles. The van der Waals surface area contributed by atoms with Crippen molar-refractivity contribution in [1.82, 2.24) is 0 Å². The molecule has 0 N–H and O–H groups in total. The van der Waals surface area contributed by atoms with Crippen LogP contribution in [0.4, 0.5) is 0 Å². The first kappa shape index (κ1) is 13.0. The lowest BCUT2D eigenvalue weighted by Crippen LogP contribution is -1.82. The van der Waals surface area contributed by atoms with E-state index >= 15 is 0 Å². The molecular formula is C20H16O2. The van der Waals surface area contributed by atoms with E-state index in [-0.39, 0.29) is 0 Å². The second-order valence-electron chi connectivity index (χ2n) is 5.54. The van der Waals surface area contributed by atoms with E-state index in [1.165, 1.54) is 10.9 Å². The van der Waals surface area contributed by atoms with E-state index < -0.39 is 0 Å². The number of furan rings is 1. The minimum absolute atomic E-state index is 0.859. The summed E-state index contributed by atoms with van der Waals surface area (Å²) < 4.78 is 11.4. The van der Waals surface area contributed by atoms with Crippen LogP contribution in [0.15, 0.2) is 65.1 Å². The Balaban J connectivity index is 1.96. The molecule has 22 heavy (non-hydrogen) atoms. The van der Waals surface area contributed by atoms with Crippen molar-refractivity contribution < 1.29 is 9.15 Å². The maximum atomic E-state index is 6.03. The van der Waals surface area contributed by atoms with Crippen LogP contribution in [0, 0.1) is 6.92 Å². The summed E-state index contributed by atoms with van der Waals surface area (Å²) in [6, 6.07) is 20.7. The van der Waals surface area contributed by atoms with Crippen molar-refractivity contribution in [1.29, 1.82) is 0 Å². The highest BCUT2D eigenvalue weighted by atomic mass is 16.5. The monoisotopic (exact) mass is 288 g/mol. The fraction of sp³-hybridized carbons (Fsp3) is 0.100. The van der Waals surface area contributed by atoms with Gasteiger partial charge in [-0.2, -0.15) is 0 Å². The molecule has 0 amide bonds. The number of benzene rings is 3. The average molecular weight is 288 g/mol. The van der Waals surface area contributed by atoms with Gasteiger partial charge in [0, 0.05) is 10.9 Å². The van der Waals surface area contributed by atoms with Crippen molar-refractivity contribution in [3.8, 4) is 17.1 Å². The third-order valence-electron chi connectivity index (χ3n) is 4.06. The van der Waals surface area contributed by atoms with Crippen LogP contribution < -0.4 is 4.74 Å². The van der Waals surface area contributed by atoms with Gasteiger partial charge in [-0.1, -0.05) is 42.0 Å². The third kappa shape index (κ3) is 2.04. The van der Waals surface area contributed by atoms with Gasteiger partial charge < -0.3 is 9.15 Å². The molecule has 4 rings (SSSR count). The minimum atomic E-state index is 0.859. The van der Waals surface area contributed by atoms with Crippen LogP contribution in [-0.4, -0.2) is 7.11 Å². The highest BCUT2D eigenvalue weighted by molar-refractivity contribution is 6.07. The number of aryl methyl sites for hydroxylation is 1. The fourth-order valence-corrected chi connectivity index (χ4v) is 2.81. The number of hydrogen-bond donors (Lipinski definition) is 0. The number of fused-ring (bicyclic) bond motifs is 3. The molecule has 0 aliphatic rings. The molecule has 0 saturated heterocycles. The van der Waals surface area contributed by atoms with Gasteiger partial charge >= 0.3 is 0 Å². The van der Waals surface area contributed by atoms with Crippen molar-refractivity contribution >= 4 is 21.7 Å². The predicted molar refractivity (Wildman–Crippen MR) is 90.4 cm³/mol. The molecule has 3 aromatic carbocycles. The maximum Gasteiger partial charge on any atom is 0.135 e. The lowest BCUT2D eigenvalue weighted by molar-refractivity contribution is 0.415. The first-order valence-corrected chi connectivity index (χ1v) is 7.32. The molecule has 0 unspecified atom stereocenters. The van der Waals surface area contributed by atoms with Gasteiger partial charge in [0.05, 0.1) is 7.11 Å². The number of ether oxygens (including phenoxy) is 1. The quantitative estimate of drug-likeness (QED) is 0.481. The second kappa shape index (κ2) is 4.92. The largest absolute Gasteiger partial charge is 0.497 e. The van der Waals surface area contributed by atoms with E-state index in [1.807, 2.05) is 12.1 Å². The van der Waals surface area contributed by atoms with Crippen LogP contribution in [-0.2, 0) is 0 Å². The smallest absolute Gasteiger partial charge is 0.135 e. The highest BCUT2D eigenvalue weighted by Gasteiger charge is 2.09. The Morgan fingerprint density at radius 3 is 2.36 bits per heavy atom. The van der Waals surface area contributed by atoms with Crippen molar-refractivity contribution in [2.45, 2.75) is 6.92 Å². The fourth-order valence-electron chi connectivity index (χ4n) is 2.81. The van der Waals surface area contributed by atoms with Crippen LogP contribution in [0.25, 0.3) is 33.1 Å². The number of rotatable bonds is 2. The molecule has 0 atom stereocenters. The summed E-state index contributed by atoms with van der Waals surface area (Å²) in [7, 11) is 1.69. The number of hydrogen-bond acceptors (Lipinski definition) is 2. The van der Waals surface area contributed by atoms with Gasteiger partial charge in [-0.15, -0.1) is 0 Å². The SMILES string of the molecule is COc1ccc2ccc3oc(-c4ccc(C)cc4)cc3c2c1. The maximum absolute atomic E-state index is 6.03. The van der Waals surface area contributed by atoms with Crippen molar-refractivity contribution in [3.05, 3.63) is 66.2 Å². The highest BCUT2D eigenvalue weighted by Crippen LogP contribution is 2.34. The first-order chi connectivity index (χ1) is 10.7. The van der Waals surface area contributed by atoms with Crippen LogP contribution in [0.2, 0.25) is 0 Å². The molecule has 2 nitrogen and oxygen atoms in total. The normalized spacial score (nSPS) is 11.2. The molecule has 0 bridgehead atoms. The molecule has 0 aliphatic heterocycles. The van der Waals surface area contributed by atoms with Gasteiger partial charge in [-0.3, -0.25) is 0 Å². The lowest BCUT2D eigenvalue weighted by Gasteiger charge is -2.02. The molecule has 2 heteroatoms. The van der Waals surface area contributed by atoms with E-state index in [4.69, 9.17) is 9.15 Å². The van der Waals surface area contributed by atoms with Gasteiger partial charge in [0.15, 0.2) is 0 Å². The Kier molecular flexibility index (Phi) is 2.90. The summed E-state index contributed by atoms with van der Waals surface area (Å²) in [5.41, 5.74) is 3.24. The molecule has 0 fully saturated rings. The van der Waals surface area contributed by atoms with Gasteiger partial charge in [0.1, 0.15) is 17.1 Å². The Morgan fingerprint density at radius 2 is 1.59 bits per heavy atom. The average Bonchev–Trinajstić information content (AvgIpc) is 2.99. The van der Waals surface area contributed by atoms with Gasteiger partial charge in [-0.25, -0.2) is 0 Å². The van der Waals surface area contributed by atoms with E-state index in [2.05, 4.69) is 55.5 Å². The molecule has 1 heterocycles. The van der Waals surface area contributed by atoms with Crippen molar-refractivity contribution in [2.24, 2.45) is 0 Å². The summed E-state index contributed by atoms with van der Waals surface area (Å²) in [5.74, 6) is 1.75. The van der Waals surface area contributed by atoms with Crippen LogP contribution >= 0.6 is 0 Å². The van der Waals surface area contributed by atoms with Crippen LogP contribution in [0.5, 0.6) is 5.75 Å². The molecule has 4 aromatic rings. The number of methoxy groups -OCH3 is 1. The van der Waals surface area contributed by atoms with Crippen molar-refractivity contribution in [3.63, 3.8) is 0 Å². The van der Waals surface area contributed by atoms with E-state index in [1.54, 1.807) is 7.11 Å². The Morgan fingerprint density at radius 1 is 0.818 bits per heavy atom. The van der Waals surface area contributed by atoms with Crippen LogP contribution in [0.1, 0.15) is 5.56 Å². The Labute approximate surface area is 128 Å². The molecule has 0 aliphatic carbocycles. The van der Waals surface area contributed by atoms with E-state index in [9.17, 15) is 0 Å². The summed E-state index contributed by atoms with van der Waals surface area (Å²) in [5, 5.41) is 3.45. The van der Waals surface area contributed by atoms with Gasteiger partial charge in [-0.05, 0) is 42.0 Å². The zero-order valence-electron chi connectivity index (χ0n) is 12.6. The summed E-state index contributed by atoms with van der Waals surface area (Å²) >= 11 is 0. The molecule has 108 valence electrons. The Hall–Kier alpha value is -2.74. The zero-order valence-corrected chi connectivity index (χ0v) is 12.6. The standard InChI is InChI=1S/C20H16O2/c1-13-3-5-15(6-4-13)20-12-18-17-11-16(21-2)9-7-14(17)8-10-19(18)22-20/h3-12H,1-2H3. The molecule has 0 radical (unpaired) electrons. The van der Waals surface area contributed by atoms with Crippen LogP contribution in [0.3, 0.4) is 0 Å².